The normalized spacial score (nSPS) is 10.2. The molecule has 0 aliphatic rings. The molecule has 0 heterocycles. The molecule has 2 aromatic rings. The van der Waals surface area contributed by atoms with Crippen molar-refractivity contribution in [2.45, 2.75) is 6.92 Å². The molecule has 0 fully saturated rings. The van der Waals surface area contributed by atoms with Crippen LogP contribution in [0.1, 0.15) is 15.9 Å². The summed E-state index contributed by atoms with van der Waals surface area (Å²) >= 11 is 6.10. The smallest absolute Gasteiger partial charge is 0.255 e. The molecule has 4 nitrogen and oxygen atoms in total. The quantitative estimate of drug-likeness (QED) is 0.851. The van der Waals surface area contributed by atoms with E-state index in [0.717, 1.165) is 5.56 Å². The Morgan fingerprint density at radius 2 is 1.90 bits per heavy atom. The third kappa shape index (κ3) is 3.03. The van der Waals surface area contributed by atoms with Gasteiger partial charge in [0.15, 0.2) is 0 Å². The van der Waals surface area contributed by atoms with Gasteiger partial charge in [-0.25, -0.2) is 0 Å². The zero-order valence-electron chi connectivity index (χ0n) is 11.2. The number of aryl methyl sites for hydroxylation is 1. The van der Waals surface area contributed by atoms with Crippen molar-refractivity contribution in [3.05, 3.63) is 52.5 Å². The Balaban J connectivity index is 2.30. The highest BCUT2D eigenvalue weighted by molar-refractivity contribution is 6.34. The summed E-state index contributed by atoms with van der Waals surface area (Å²) in [6, 6.07) is 10.4. The maximum atomic E-state index is 12.2. The molecule has 0 saturated carbocycles. The monoisotopic (exact) mass is 290 g/mol. The zero-order chi connectivity index (χ0) is 14.7. The van der Waals surface area contributed by atoms with Crippen molar-refractivity contribution in [2.24, 2.45) is 0 Å². The van der Waals surface area contributed by atoms with Gasteiger partial charge in [0.1, 0.15) is 11.4 Å². The van der Waals surface area contributed by atoms with Gasteiger partial charge in [0, 0.05) is 17.3 Å². The van der Waals surface area contributed by atoms with Crippen LogP contribution in [0.5, 0.6) is 5.75 Å². The van der Waals surface area contributed by atoms with Gasteiger partial charge in [-0.15, -0.1) is 0 Å². The molecule has 0 saturated heterocycles. The summed E-state index contributed by atoms with van der Waals surface area (Å²) in [5.74, 6) is 0.172. The van der Waals surface area contributed by atoms with Crippen LogP contribution in [0.3, 0.4) is 0 Å². The second-order valence-electron chi connectivity index (χ2n) is 4.40. The summed E-state index contributed by atoms with van der Waals surface area (Å²) in [7, 11) is 1.49. The van der Waals surface area contributed by atoms with Crippen LogP contribution < -0.4 is 15.8 Å². The first-order valence-corrected chi connectivity index (χ1v) is 6.40. The number of hydrogen-bond acceptors (Lipinski definition) is 3. The maximum Gasteiger partial charge on any atom is 0.255 e. The summed E-state index contributed by atoms with van der Waals surface area (Å²) in [6.07, 6.45) is 0. The van der Waals surface area contributed by atoms with Gasteiger partial charge in [0.2, 0.25) is 0 Å². The number of nitrogens with two attached hydrogens (primary N) is 1. The molecule has 0 atom stereocenters. The minimum absolute atomic E-state index is 0.255. The number of carbonyl (C=O) groups is 1. The van der Waals surface area contributed by atoms with Crippen LogP contribution >= 0.6 is 11.6 Å². The average Bonchev–Trinajstić information content (AvgIpc) is 2.42. The van der Waals surface area contributed by atoms with Gasteiger partial charge in [0.25, 0.3) is 5.91 Å². The van der Waals surface area contributed by atoms with E-state index in [1.807, 2.05) is 19.1 Å². The molecule has 0 spiro atoms. The van der Waals surface area contributed by atoms with Gasteiger partial charge in [-0.05, 0) is 25.1 Å². The van der Waals surface area contributed by atoms with E-state index < -0.39 is 0 Å². The molecular formula is C15H15ClN2O2. The first-order chi connectivity index (χ1) is 9.51. The first kappa shape index (κ1) is 14.2. The second kappa shape index (κ2) is 5.84. The minimum atomic E-state index is -0.255. The highest BCUT2D eigenvalue weighted by Crippen LogP contribution is 2.35. The van der Waals surface area contributed by atoms with Crippen LogP contribution in [-0.2, 0) is 0 Å². The third-order valence-electron chi connectivity index (χ3n) is 2.85. The van der Waals surface area contributed by atoms with Crippen molar-refractivity contribution in [1.82, 2.24) is 0 Å². The first-order valence-electron chi connectivity index (χ1n) is 6.02. The van der Waals surface area contributed by atoms with E-state index in [2.05, 4.69) is 5.32 Å². The number of nitrogens with one attached hydrogen (secondary N) is 1. The van der Waals surface area contributed by atoms with E-state index >= 15 is 0 Å². The lowest BCUT2D eigenvalue weighted by Gasteiger charge is -2.13. The Morgan fingerprint density at radius 1 is 1.25 bits per heavy atom. The van der Waals surface area contributed by atoms with Crippen LogP contribution in [0.15, 0.2) is 36.4 Å². The van der Waals surface area contributed by atoms with E-state index in [-0.39, 0.29) is 5.91 Å². The maximum absolute atomic E-state index is 12.2. The predicted octanol–water partition coefficient (Wildman–Crippen LogP) is 3.49. The van der Waals surface area contributed by atoms with Gasteiger partial charge in [-0.3, -0.25) is 4.79 Å². The molecule has 104 valence electrons. The highest BCUT2D eigenvalue weighted by Gasteiger charge is 2.14. The fraction of sp³-hybridized carbons (Fsp3) is 0.133. The lowest BCUT2D eigenvalue weighted by molar-refractivity contribution is 0.102. The fourth-order valence-corrected chi connectivity index (χ4v) is 2.04. The van der Waals surface area contributed by atoms with Gasteiger partial charge >= 0.3 is 0 Å². The van der Waals surface area contributed by atoms with Crippen LogP contribution in [0.2, 0.25) is 5.02 Å². The molecule has 20 heavy (non-hydrogen) atoms. The minimum Gasteiger partial charge on any atom is -0.494 e. The molecule has 0 radical (unpaired) electrons. The SMILES string of the molecule is COc1cc(N)cc(Cl)c1NC(=O)c1ccc(C)cc1. The summed E-state index contributed by atoms with van der Waals surface area (Å²) in [6.45, 7) is 1.96. The van der Waals surface area contributed by atoms with Crippen molar-refractivity contribution in [3.63, 3.8) is 0 Å². The number of rotatable bonds is 3. The molecular weight excluding hydrogens is 276 g/mol. The molecule has 0 aliphatic heterocycles. The van der Waals surface area contributed by atoms with Gasteiger partial charge < -0.3 is 15.8 Å². The Morgan fingerprint density at radius 3 is 2.50 bits per heavy atom. The van der Waals surface area contributed by atoms with Crippen molar-refractivity contribution >= 4 is 28.9 Å². The fourth-order valence-electron chi connectivity index (χ4n) is 1.77. The van der Waals surface area contributed by atoms with Crippen molar-refractivity contribution in [2.75, 3.05) is 18.2 Å². The number of amides is 1. The van der Waals surface area contributed by atoms with Crippen molar-refractivity contribution in [3.8, 4) is 5.75 Å². The van der Waals surface area contributed by atoms with E-state index in [0.29, 0.717) is 27.7 Å². The number of nitrogen functional groups attached to an aromatic ring is 1. The number of carbonyl (C=O) groups excluding carboxylic acids is 1. The largest absolute Gasteiger partial charge is 0.494 e. The van der Waals surface area contributed by atoms with Crippen LogP contribution in [0, 0.1) is 6.92 Å². The van der Waals surface area contributed by atoms with E-state index in [9.17, 15) is 4.79 Å². The second-order valence-corrected chi connectivity index (χ2v) is 4.81. The van der Waals surface area contributed by atoms with E-state index in [1.165, 1.54) is 7.11 Å². The molecule has 2 aromatic carbocycles. The molecule has 0 aromatic heterocycles. The molecule has 1 amide bonds. The number of methoxy groups -OCH3 is 1. The van der Waals surface area contributed by atoms with E-state index in [1.54, 1.807) is 24.3 Å². The van der Waals surface area contributed by atoms with Crippen molar-refractivity contribution in [1.29, 1.82) is 0 Å². The van der Waals surface area contributed by atoms with Gasteiger partial charge in [-0.2, -0.15) is 0 Å². The summed E-state index contributed by atoms with van der Waals surface area (Å²) in [5.41, 5.74) is 8.20. The third-order valence-corrected chi connectivity index (χ3v) is 3.15. The van der Waals surface area contributed by atoms with Crippen molar-refractivity contribution < 1.29 is 9.53 Å². The molecule has 5 heteroatoms. The lowest BCUT2D eigenvalue weighted by Crippen LogP contribution is -2.13. The number of anilines is 2. The standard InChI is InChI=1S/C15H15ClN2O2/c1-9-3-5-10(6-4-9)15(19)18-14-12(16)7-11(17)8-13(14)20-2/h3-8H,17H2,1-2H3,(H,18,19). The van der Waals surface area contributed by atoms with Gasteiger partial charge in [-0.1, -0.05) is 29.3 Å². The van der Waals surface area contributed by atoms with Crippen LogP contribution in [-0.4, -0.2) is 13.0 Å². The predicted molar refractivity (Wildman–Crippen MR) is 81.5 cm³/mol. The van der Waals surface area contributed by atoms with E-state index in [4.69, 9.17) is 22.1 Å². The highest BCUT2D eigenvalue weighted by atomic mass is 35.5. The molecule has 3 N–H and O–H groups in total. The number of benzene rings is 2. The van der Waals surface area contributed by atoms with Crippen LogP contribution in [0.4, 0.5) is 11.4 Å². The van der Waals surface area contributed by atoms with Crippen LogP contribution in [0.25, 0.3) is 0 Å². The molecule has 2 rings (SSSR count). The number of halogens is 1. The number of ether oxygens (including phenoxy) is 1. The summed E-state index contributed by atoms with van der Waals surface area (Å²) in [5, 5.41) is 3.08. The average molecular weight is 291 g/mol. The Kier molecular flexibility index (Phi) is 4.15. The molecule has 0 aliphatic carbocycles. The molecule has 0 bridgehead atoms. The summed E-state index contributed by atoms with van der Waals surface area (Å²) < 4.78 is 5.18. The lowest BCUT2D eigenvalue weighted by atomic mass is 10.1. The zero-order valence-corrected chi connectivity index (χ0v) is 12.0. The Labute approximate surface area is 122 Å². The topological polar surface area (TPSA) is 64.3 Å². The summed E-state index contributed by atoms with van der Waals surface area (Å²) in [4.78, 5) is 12.2. The Hall–Kier alpha value is -2.20. The Bertz CT molecular complexity index is 639. The number of hydrogen-bond donors (Lipinski definition) is 2. The molecule has 0 unspecified atom stereocenters. The van der Waals surface area contributed by atoms with Gasteiger partial charge in [0.05, 0.1) is 12.1 Å².